The molecule has 0 fully saturated rings. The van der Waals surface area contributed by atoms with Crippen LogP contribution in [-0.2, 0) is 9.53 Å². The van der Waals surface area contributed by atoms with Crippen molar-refractivity contribution in [2.45, 2.75) is 65.0 Å². The minimum absolute atomic E-state index is 0.0798. The molecule has 0 aliphatic rings. The predicted molar refractivity (Wildman–Crippen MR) is 70.8 cm³/mol. The van der Waals surface area contributed by atoms with Gasteiger partial charge in [-0.3, -0.25) is 4.79 Å². The largest absolute Gasteiger partial charge is 0.375 e. The van der Waals surface area contributed by atoms with E-state index in [1.165, 1.54) is 0 Å². The first-order valence-corrected chi connectivity index (χ1v) is 6.37. The molecule has 17 heavy (non-hydrogen) atoms. The second-order valence-corrected chi connectivity index (χ2v) is 5.68. The van der Waals surface area contributed by atoms with Crippen LogP contribution in [0.3, 0.4) is 0 Å². The summed E-state index contributed by atoms with van der Waals surface area (Å²) >= 11 is 0. The Morgan fingerprint density at radius 2 is 1.82 bits per heavy atom. The number of hydrogen-bond acceptors (Lipinski definition) is 3. The maximum atomic E-state index is 11.3. The van der Waals surface area contributed by atoms with Gasteiger partial charge in [0.1, 0.15) is 0 Å². The van der Waals surface area contributed by atoms with Crippen LogP contribution in [0.1, 0.15) is 53.9 Å². The Morgan fingerprint density at radius 1 is 1.24 bits per heavy atom. The maximum absolute atomic E-state index is 11.3. The zero-order valence-electron chi connectivity index (χ0n) is 11.9. The van der Waals surface area contributed by atoms with Crippen molar-refractivity contribution in [2.75, 3.05) is 13.2 Å². The number of carbonyl (C=O) groups excluding carboxylic acids is 1. The highest BCUT2D eigenvalue weighted by molar-refractivity contribution is 5.76. The first kappa shape index (κ1) is 16.4. The molecule has 0 radical (unpaired) electrons. The zero-order chi connectivity index (χ0) is 13.5. The Hall–Kier alpha value is -0.610. The molecule has 0 aromatic heterocycles. The molecule has 0 aliphatic heterocycles. The summed E-state index contributed by atoms with van der Waals surface area (Å²) in [7, 11) is 0. The van der Waals surface area contributed by atoms with Crippen molar-refractivity contribution in [3.63, 3.8) is 0 Å². The molecule has 3 N–H and O–H groups in total. The molecule has 0 rings (SSSR count). The summed E-state index contributed by atoms with van der Waals surface area (Å²) in [4.78, 5) is 11.3. The lowest BCUT2D eigenvalue weighted by molar-refractivity contribution is -0.122. The molecule has 0 saturated carbocycles. The zero-order valence-corrected chi connectivity index (χ0v) is 11.9. The third kappa shape index (κ3) is 8.16. The van der Waals surface area contributed by atoms with Crippen LogP contribution in [0.5, 0.6) is 0 Å². The highest BCUT2D eigenvalue weighted by Crippen LogP contribution is 2.16. The summed E-state index contributed by atoms with van der Waals surface area (Å²) < 4.78 is 5.79. The van der Waals surface area contributed by atoms with Crippen LogP contribution < -0.4 is 11.1 Å². The summed E-state index contributed by atoms with van der Waals surface area (Å²) in [6.45, 7) is 11.2. The number of amides is 1. The SMILES string of the molecule is CCC(=O)NC(C)(C)CCOC(C)(C)CCN. The van der Waals surface area contributed by atoms with Gasteiger partial charge in [0.05, 0.1) is 5.60 Å². The standard InChI is InChI=1S/C13H28N2O2/c1-6-11(16)15-12(2,3)8-10-17-13(4,5)7-9-14/h6-10,14H2,1-5H3,(H,15,16). The molecule has 0 aromatic carbocycles. The van der Waals surface area contributed by atoms with Gasteiger partial charge in [0, 0.05) is 18.6 Å². The topological polar surface area (TPSA) is 64.3 Å². The van der Waals surface area contributed by atoms with E-state index >= 15 is 0 Å². The van der Waals surface area contributed by atoms with Gasteiger partial charge in [-0.15, -0.1) is 0 Å². The first-order valence-electron chi connectivity index (χ1n) is 6.37. The summed E-state index contributed by atoms with van der Waals surface area (Å²) in [5.41, 5.74) is 5.12. The fraction of sp³-hybridized carbons (Fsp3) is 0.923. The van der Waals surface area contributed by atoms with E-state index in [4.69, 9.17) is 10.5 Å². The van der Waals surface area contributed by atoms with E-state index in [0.29, 0.717) is 19.6 Å². The van der Waals surface area contributed by atoms with Crippen LogP contribution >= 0.6 is 0 Å². The summed E-state index contributed by atoms with van der Waals surface area (Å²) in [5.74, 6) is 0.0798. The quantitative estimate of drug-likeness (QED) is 0.684. The number of nitrogens with one attached hydrogen (secondary N) is 1. The average Bonchev–Trinajstić information content (AvgIpc) is 2.15. The normalized spacial score (nSPS) is 12.6. The van der Waals surface area contributed by atoms with Gasteiger partial charge in [0.15, 0.2) is 0 Å². The number of hydrogen-bond donors (Lipinski definition) is 2. The van der Waals surface area contributed by atoms with Crippen molar-refractivity contribution in [1.29, 1.82) is 0 Å². The van der Waals surface area contributed by atoms with E-state index in [0.717, 1.165) is 12.8 Å². The Kier molecular flexibility index (Phi) is 6.72. The Balaban J connectivity index is 3.98. The molecule has 102 valence electrons. The van der Waals surface area contributed by atoms with E-state index in [-0.39, 0.29) is 17.0 Å². The van der Waals surface area contributed by atoms with Gasteiger partial charge in [-0.1, -0.05) is 6.92 Å². The minimum atomic E-state index is -0.216. The van der Waals surface area contributed by atoms with Gasteiger partial charge in [0.2, 0.25) is 5.91 Å². The van der Waals surface area contributed by atoms with E-state index in [1.54, 1.807) is 0 Å². The molecule has 0 aliphatic carbocycles. The van der Waals surface area contributed by atoms with Crippen LogP contribution in [0, 0.1) is 0 Å². The first-order chi connectivity index (χ1) is 7.72. The second kappa shape index (κ2) is 6.97. The summed E-state index contributed by atoms with van der Waals surface area (Å²) in [6.07, 6.45) is 2.16. The molecular formula is C13H28N2O2. The summed E-state index contributed by atoms with van der Waals surface area (Å²) in [6, 6.07) is 0. The van der Waals surface area contributed by atoms with Crippen molar-refractivity contribution in [1.82, 2.24) is 5.32 Å². The van der Waals surface area contributed by atoms with Crippen molar-refractivity contribution < 1.29 is 9.53 Å². The Labute approximate surface area is 105 Å². The highest BCUT2D eigenvalue weighted by atomic mass is 16.5. The van der Waals surface area contributed by atoms with Crippen molar-refractivity contribution in [3.05, 3.63) is 0 Å². The molecule has 0 spiro atoms. The molecule has 4 nitrogen and oxygen atoms in total. The van der Waals surface area contributed by atoms with Gasteiger partial charge in [-0.05, 0) is 47.1 Å². The number of nitrogens with two attached hydrogens (primary N) is 1. The van der Waals surface area contributed by atoms with Gasteiger partial charge < -0.3 is 15.8 Å². The lowest BCUT2D eigenvalue weighted by Gasteiger charge is -2.30. The third-order valence-corrected chi connectivity index (χ3v) is 2.77. The lowest BCUT2D eigenvalue weighted by Crippen LogP contribution is -2.44. The number of rotatable bonds is 8. The van der Waals surface area contributed by atoms with Crippen LogP contribution in [0.25, 0.3) is 0 Å². The highest BCUT2D eigenvalue weighted by Gasteiger charge is 2.22. The fourth-order valence-corrected chi connectivity index (χ4v) is 1.53. The molecule has 1 amide bonds. The van der Waals surface area contributed by atoms with E-state index in [2.05, 4.69) is 5.32 Å². The molecular weight excluding hydrogens is 216 g/mol. The Bertz CT molecular complexity index is 238. The molecule has 0 unspecified atom stereocenters. The summed E-state index contributed by atoms with van der Waals surface area (Å²) in [5, 5.41) is 2.98. The second-order valence-electron chi connectivity index (χ2n) is 5.68. The van der Waals surface area contributed by atoms with Gasteiger partial charge in [-0.2, -0.15) is 0 Å². The maximum Gasteiger partial charge on any atom is 0.220 e. The molecule has 0 atom stereocenters. The molecule has 4 heteroatoms. The Morgan fingerprint density at radius 3 is 2.29 bits per heavy atom. The van der Waals surface area contributed by atoms with E-state index in [1.807, 2.05) is 34.6 Å². The number of ether oxygens (including phenoxy) is 1. The number of carbonyl (C=O) groups is 1. The average molecular weight is 244 g/mol. The van der Waals surface area contributed by atoms with E-state index in [9.17, 15) is 4.79 Å². The molecule has 0 bridgehead atoms. The predicted octanol–water partition coefficient (Wildman–Crippen LogP) is 1.83. The molecule has 0 heterocycles. The minimum Gasteiger partial charge on any atom is -0.375 e. The fourth-order valence-electron chi connectivity index (χ4n) is 1.53. The van der Waals surface area contributed by atoms with Gasteiger partial charge in [-0.25, -0.2) is 0 Å². The van der Waals surface area contributed by atoms with Crippen molar-refractivity contribution in [3.8, 4) is 0 Å². The van der Waals surface area contributed by atoms with Crippen molar-refractivity contribution in [2.24, 2.45) is 5.73 Å². The van der Waals surface area contributed by atoms with Crippen LogP contribution in [-0.4, -0.2) is 30.2 Å². The monoisotopic (exact) mass is 244 g/mol. The van der Waals surface area contributed by atoms with Gasteiger partial charge in [0.25, 0.3) is 0 Å². The molecule has 0 saturated heterocycles. The van der Waals surface area contributed by atoms with Crippen LogP contribution in [0.4, 0.5) is 0 Å². The smallest absolute Gasteiger partial charge is 0.220 e. The van der Waals surface area contributed by atoms with Gasteiger partial charge >= 0.3 is 0 Å². The molecule has 0 aromatic rings. The van der Waals surface area contributed by atoms with Crippen molar-refractivity contribution >= 4 is 5.91 Å². The lowest BCUT2D eigenvalue weighted by atomic mass is 10.0. The van der Waals surface area contributed by atoms with E-state index < -0.39 is 0 Å². The third-order valence-electron chi connectivity index (χ3n) is 2.77. The van der Waals surface area contributed by atoms with Crippen LogP contribution in [0.15, 0.2) is 0 Å². The van der Waals surface area contributed by atoms with Crippen LogP contribution in [0.2, 0.25) is 0 Å².